The van der Waals surface area contributed by atoms with E-state index in [1.165, 1.54) is 0 Å². The first-order valence-electron chi connectivity index (χ1n) is 8.45. The molecule has 1 spiro atoms. The van der Waals surface area contributed by atoms with Crippen molar-refractivity contribution in [3.63, 3.8) is 0 Å². The van der Waals surface area contributed by atoms with Crippen LogP contribution in [0.5, 0.6) is 5.75 Å². The minimum absolute atomic E-state index is 0.0432. The number of benzene rings is 1. The number of rotatable bonds is 0. The Morgan fingerprint density at radius 3 is 2.79 bits per heavy atom. The van der Waals surface area contributed by atoms with Crippen LogP contribution in [-0.4, -0.2) is 30.2 Å². The highest BCUT2D eigenvalue weighted by atomic mass is 16.7. The van der Waals surface area contributed by atoms with Gasteiger partial charge in [-0.05, 0) is 30.2 Å². The zero-order chi connectivity index (χ0) is 16.5. The zero-order valence-electron chi connectivity index (χ0n) is 13.5. The van der Waals surface area contributed by atoms with Gasteiger partial charge in [0.25, 0.3) is 5.54 Å². The quantitative estimate of drug-likeness (QED) is 0.745. The normalized spacial score (nSPS) is 34.9. The molecule has 0 bridgehead atoms. The molecule has 2 aliphatic heterocycles. The van der Waals surface area contributed by atoms with Crippen LogP contribution < -0.4 is 0 Å². The number of fused-ring (bicyclic) bond motifs is 3. The third kappa shape index (κ3) is 1.56. The van der Waals surface area contributed by atoms with Crippen molar-refractivity contribution in [1.82, 2.24) is 0 Å². The Bertz CT molecular complexity index is 802. The predicted molar refractivity (Wildman–Crippen MR) is 85.1 cm³/mol. The lowest BCUT2D eigenvalue weighted by molar-refractivity contribution is -0.155. The average molecular weight is 325 g/mol. The van der Waals surface area contributed by atoms with Crippen molar-refractivity contribution in [3.05, 3.63) is 52.1 Å². The van der Waals surface area contributed by atoms with Crippen LogP contribution in [0.1, 0.15) is 29.5 Å². The van der Waals surface area contributed by atoms with E-state index in [-0.39, 0.29) is 17.8 Å². The summed E-state index contributed by atoms with van der Waals surface area (Å²) in [6.45, 7) is 11.1. The van der Waals surface area contributed by atoms with Gasteiger partial charge in [0.05, 0.1) is 19.5 Å². The highest BCUT2D eigenvalue weighted by Crippen LogP contribution is 2.60. The van der Waals surface area contributed by atoms with Crippen molar-refractivity contribution >= 4 is 0 Å². The summed E-state index contributed by atoms with van der Waals surface area (Å²) in [4.78, 5) is 4.14. The van der Waals surface area contributed by atoms with Gasteiger partial charge in [-0.1, -0.05) is 0 Å². The van der Waals surface area contributed by atoms with E-state index in [9.17, 15) is 5.11 Å². The van der Waals surface area contributed by atoms with Gasteiger partial charge in [0.1, 0.15) is 17.8 Å². The monoisotopic (exact) mass is 325 g/mol. The van der Waals surface area contributed by atoms with Crippen LogP contribution in [0, 0.1) is 19.4 Å². The van der Waals surface area contributed by atoms with Gasteiger partial charge >= 0.3 is 0 Å². The van der Waals surface area contributed by atoms with E-state index in [2.05, 4.69) is 4.85 Å². The molecule has 0 aromatic heterocycles. The summed E-state index contributed by atoms with van der Waals surface area (Å²) in [5.74, 6) is -0.455. The number of phenols is 1. The Balaban J connectivity index is 1.70. The van der Waals surface area contributed by atoms with Gasteiger partial charge in [0.15, 0.2) is 5.79 Å². The Morgan fingerprint density at radius 1 is 1.25 bits per heavy atom. The van der Waals surface area contributed by atoms with E-state index < -0.39 is 11.3 Å². The number of phenolic OH excluding ortho intramolecular Hbond substituents is 1. The molecule has 124 valence electrons. The van der Waals surface area contributed by atoms with Crippen molar-refractivity contribution in [3.8, 4) is 5.75 Å². The molecule has 5 nitrogen and oxygen atoms in total. The van der Waals surface area contributed by atoms with E-state index >= 15 is 0 Å². The largest absolute Gasteiger partial charge is 0.508 e. The Kier molecular flexibility index (Phi) is 2.70. The first kappa shape index (κ1) is 14.3. The number of hydrogen-bond donors (Lipinski definition) is 1. The third-order valence-corrected chi connectivity index (χ3v) is 6.13. The minimum Gasteiger partial charge on any atom is -0.508 e. The van der Waals surface area contributed by atoms with Gasteiger partial charge in [-0.3, -0.25) is 0 Å². The molecule has 4 aliphatic rings. The molecule has 0 radical (unpaired) electrons. The Hall–Kier alpha value is -2.03. The van der Waals surface area contributed by atoms with Gasteiger partial charge in [-0.25, -0.2) is 6.57 Å². The third-order valence-electron chi connectivity index (χ3n) is 6.13. The van der Waals surface area contributed by atoms with Crippen LogP contribution in [0.4, 0.5) is 0 Å². The summed E-state index contributed by atoms with van der Waals surface area (Å²) in [5.41, 5.74) is 3.21. The molecule has 0 amide bonds. The van der Waals surface area contributed by atoms with E-state index in [4.69, 9.17) is 20.8 Å². The van der Waals surface area contributed by atoms with E-state index in [1.807, 2.05) is 19.1 Å². The summed E-state index contributed by atoms with van der Waals surface area (Å²) >= 11 is 0. The number of hydrogen-bond acceptors (Lipinski definition) is 4. The highest BCUT2D eigenvalue weighted by molar-refractivity contribution is 5.52. The highest BCUT2D eigenvalue weighted by Gasteiger charge is 2.67. The van der Waals surface area contributed by atoms with Crippen LogP contribution in [-0.2, 0) is 26.2 Å². The fraction of sp³-hybridized carbons (Fsp3) is 0.526. The molecule has 1 aromatic rings. The van der Waals surface area contributed by atoms with Gasteiger partial charge in [0.2, 0.25) is 0 Å². The second kappa shape index (κ2) is 4.53. The Morgan fingerprint density at radius 2 is 2.04 bits per heavy atom. The maximum absolute atomic E-state index is 10.1. The summed E-state index contributed by atoms with van der Waals surface area (Å²) in [7, 11) is 0. The lowest BCUT2D eigenvalue weighted by Gasteiger charge is -2.46. The summed E-state index contributed by atoms with van der Waals surface area (Å²) in [6.07, 6.45) is 3.72. The number of nitrogens with zero attached hydrogens (tertiary/aromatic N) is 1. The molecule has 5 rings (SSSR count). The van der Waals surface area contributed by atoms with E-state index in [0.717, 1.165) is 22.3 Å². The fourth-order valence-electron chi connectivity index (χ4n) is 5.01. The van der Waals surface area contributed by atoms with Gasteiger partial charge < -0.3 is 24.2 Å². The van der Waals surface area contributed by atoms with E-state index in [1.54, 1.807) is 6.26 Å². The zero-order valence-corrected chi connectivity index (χ0v) is 13.5. The first-order chi connectivity index (χ1) is 11.6. The van der Waals surface area contributed by atoms with Crippen LogP contribution >= 0.6 is 0 Å². The first-order valence-corrected chi connectivity index (χ1v) is 8.45. The minimum atomic E-state index is -0.697. The maximum Gasteiger partial charge on any atom is 0.268 e. The molecule has 1 N–H and O–H groups in total. The molecule has 2 aliphatic carbocycles. The van der Waals surface area contributed by atoms with Crippen molar-refractivity contribution in [2.45, 2.75) is 43.6 Å². The van der Waals surface area contributed by atoms with E-state index in [0.29, 0.717) is 32.5 Å². The van der Waals surface area contributed by atoms with Crippen molar-refractivity contribution in [1.29, 1.82) is 0 Å². The molecule has 1 aromatic carbocycles. The van der Waals surface area contributed by atoms with Gasteiger partial charge in [-0.2, -0.15) is 0 Å². The predicted octanol–water partition coefficient (Wildman–Crippen LogP) is 2.81. The van der Waals surface area contributed by atoms with Crippen molar-refractivity contribution < 1.29 is 19.3 Å². The molecule has 1 saturated carbocycles. The van der Waals surface area contributed by atoms with Gasteiger partial charge in [-0.15, -0.1) is 0 Å². The molecule has 2 heterocycles. The fourth-order valence-corrected chi connectivity index (χ4v) is 5.01. The summed E-state index contributed by atoms with van der Waals surface area (Å²) in [5, 5.41) is 10.1. The average Bonchev–Trinajstić information content (AvgIpc) is 3.21. The lowest BCUT2D eigenvalue weighted by atomic mass is 9.59. The summed E-state index contributed by atoms with van der Waals surface area (Å²) < 4.78 is 17.9. The lowest BCUT2D eigenvalue weighted by Crippen LogP contribution is -2.53. The topological polar surface area (TPSA) is 52.3 Å². The molecular formula is C19H19NO4. The maximum atomic E-state index is 10.1. The van der Waals surface area contributed by atoms with Crippen LogP contribution in [0.3, 0.4) is 0 Å². The molecule has 2 fully saturated rings. The van der Waals surface area contributed by atoms with Crippen molar-refractivity contribution in [2.24, 2.45) is 5.92 Å². The standard InChI is InChI=1S/C19H19NO4/c1-11-7-13-12(8-15(11)21)9-16-17-14(10-22-16)19(23-5-6-24-19)4-3-18(13,17)20-2/h7-8,10,16-17,21H,3-6,9H2,1H3. The number of aryl methyl sites for hydroxylation is 1. The second-order valence-electron chi connectivity index (χ2n) is 7.21. The Labute approximate surface area is 140 Å². The van der Waals surface area contributed by atoms with Crippen LogP contribution in [0.25, 0.3) is 4.85 Å². The van der Waals surface area contributed by atoms with Gasteiger partial charge in [0, 0.05) is 30.4 Å². The molecular weight excluding hydrogens is 306 g/mol. The molecule has 3 unspecified atom stereocenters. The number of ether oxygens (including phenoxy) is 3. The smallest absolute Gasteiger partial charge is 0.268 e. The molecule has 1 saturated heterocycles. The molecule has 5 heteroatoms. The van der Waals surface area contributed by atoms with Crippen LogP contribution in [0.2, 0.25) is 0 Å². The van der Waals surface area contributed by atoms with Crippen LogP contribution in [0.15, 0.2) is 24.0 Å². The second-order valence-corrected chi connectivity index (χ2v) is 7.21. The summed E-state index contributed by atoms with van der Waals surface area (Å²) in [6, 6.07) is 3.80. The molecule has 3 atom stereocenters. The SMILES string of the molecule is [C-]#[N+]C12CCC3(OCCO3)C3=COC(Cc4cc(O)c(C)cc41)C32. The van der Waals surface area contributed by atoms with Crippen molar-refractivity contribution in [2.75, 3.05) is 13.2 Å². The molecule has 24 heavy (non-hydrogen) atoms. The number of aromatic hydroxyl groups is 1.